The summed E-state index contributed by atoms with van der Waals surface area (Å²) in [4.78, 5) is 21.5. The molecule has 174 valence electrons. The molecule has 0 aromatic heterocycles. The Labute approximate surface area is 177 Å². The Morgan fingerprint density at radius 1 is 0.966 bits per heavy atom. The van der Waals surface area contributed by atoms with Crippen LogP contribution in [0, 0.1) is 0 Å². The first-order valence-electron chi connectivity index (χ1n) is 10.9. The number of hydrogen-bond donors (Lipinski definition) is 1. The molecule has 0 heterocycles. The quantitative estimate of drug-likeness (QED) is 0.140. The molecule has 0 rings (SSSR count). The fourth-order valence-electron chi connectivity index (χ4n) is 2.61. The molecule has 8 nitrogen and oxygen atoms in total. The summed E-state index contributed by atoms with van der Waals surface area (Å²) in [5.74, 6) is 0. The van der Waals surface area contributed by atoms with Gasteiger partial charge in [-0.2, -0.15) is 0 Å². The van der Waals surface area contributed by atoms with Crippen molar-refractivity contribution in [1.82, 2.24) is 0 Å². The molecule has 0 spiro atoms. The van der Waals surface area contributed by atoms with Crippen molar-refractivity contribution in [2.75, 3.05) is 47.5 Å². The monoisotopic (exact) mass is 440 g/mol. The molecular weight excluding hydrogens is 397 g/mol. The van der Waals surface area contributed by atoms with Crippen molar-refractivity contribution in [3.8, 4) is 0 Å². The van der Waals surface area contributed by atoms with Gasteiger partial charge >= 0.3 is 14.0 Å². The van der Waals surface area contributed by atoms with Crippen LogP contribution in [0.5, 0.6) is 0 Å². The highest BCUT2D eigenvalue weighted by Crippen LogP contribution is 2.43. The van der Waals surface area contributed by atoms with Crippen molar-refractivity contribution in [2.24, 2.45) is 0 Å². The molecule has 0 saturated carbocycles. The summed E-state index contributed by atoms with van der Waals surface area (Å²) in [7, 11) is 1.68. The summed E-state index contributed by atoms with van der Waals surface area (Å²) in [6.07, 6.45) is 8.35. The van der Waals surface area contributed by atoms with E-state index in [1.165, 1.54) is 32.1 Å². The van der Waals surface area contributed by atoms with Crippen LogP contribution in [0.15, 0.2) is 0 Å². The zero-order valence-corrected chi connectivity index (χ0v) is 20.0. The second-order valence-corrected chi connectivity index (χ2v) is 9.75. The first-order valence-corrected chi connectivity index (χ1v) is 12.3. The van der Waals surface area contributed by atoms with Crippen LogP contribution < -0.4 is 0 Å². The zero-order chi connectivity index (χ0) is 22.2. The lowest BCUT2D eigenvalue weighted by Crippen LogP contribution is -2.37. The minimum Gasteiger partial charge on any atom is -0.435 e. The van der Waals surface area contributed by atoms with Crippen LogP contribution >= 0.6 is 7.82 Å². The van der Waals surface area contributed by atoms with Gasteiger partial charge in [-0.05, 0) is 19.8 Å². The van der Waals surface area contributed by atoms with Crippen molar-refractivity contribution >= 4 is 14.0 Å². The molecule has 0 radical (unpaired) electrons. The third-order valence-electron chi connectivity index (χ3n) is 4.34. The van der Waals surface area contributed by atoms with Crippen LogP contribution in [0.1, 0.15) is 71.6 Å². The van der Waals surface area contributed by atoms with E-state index in [0.717, 1.165) is 19.3 Å². The van der Waals surface area contributed by atoms with Gasteiger partial charge in [-0.1, -0.05) is 51.9 Å². The maximum absolute atomic E-state index is 12.0. The number of rotatable bonds is 18. The van der Waals surface area contributed by atoms with Crippen molar-refractivity contribution in [3.05, 3.63) is 0 Å². The number of unbranched alkanes of at least 4 members (excludes halogenated alkanes) is 7. The number of quaternary nitrogens is 1. The van der Waals surface area contributed by atoms with Gasteiger partial charge in [-0.3, -0.25) is 9.05 Å². The van der Waals surface area contributed by atoms with E-state index in [4.69, 9.17) is 18.5 Å². The molecule has 29 heavy (non-hydrogen) atoms. The average Bonchev–Trinajstić information content (AvgIpc) is 2.60. The van der Waals surface area contributed by atoms with Gasteiger partial charge < -0.3 is 18.9 Å². The Hall–Kier alpha value is -0.660. The molecule has 0 aliphatic heterocycles. The maximum Gasteiger partial charge on any atom is 0.508 e. The van der Waals surface area contributed by atoms with E-state index in [2.05, 4.69) is 6.92 Å². The third kappa shape index (κ3) is 19.1. The molecule has 0 saturated heterocycles. The number of carbonyl (C=O) groups excluding carboxylic acids is 1. The van der Waals surface area contributed by atoms with Gasteiger partial charge in [0.2, 0.25) is 0 Å². The number of hydrogen-bond acceptors (Lipinski definition) is 6. The molecule has 0 fully saturated rings. The van der Waals surface area contributed by atoms with Crippen LogP contribution in [0.2, 0.25) is 0 Å². The van der Waals surface area contributed by atoms with Crippen LogP contribution in [0.3, 0.4) is 0 Å². The molecule has 2 unspecified atom stereocenters. The topological polar surface area (TPSA) is 91.3 Å². The Bertz CT molecular complexity index is 468. The molecule has 9 heteroatoms. The van der Waals surface area contributed by atoms with Gasteiger partial charge in [0.15, 0.2) is 0 Å². The molecular formula is C20H43NO7P+. The molecule has 0 bridgehead atoms. The van der Waals surface area contributed by atoms with Crippen LogP contribution in [0.4, 0.5) is 4.79 Å². The molecule has 2 atom stereocenters. The van der Waals surface area contributed by atoms with E-state index in [1.807, 2.05) is 21.1 Å². The Balaban J connectivity index is 4.31. The number of ether oxygens (including phenoxy) is 2. The average molecular weight is 441 g/mol. The van der Waals surface area contributed by atoms with Crippen molar-refractivity contribution in [1.29, 1.82) is 0 Å². The smallest absolute Gasteiger partial charge is 0.435 e. The highest BCUT2D eigenvalue weighted by molar-refractivity contribution is 7.47. The first kappa shape index (κ1) is 28.3. The molecule has 0 aromatic rings. The fraction of sp³-hybridized carbons (Fsp3) is 0.950. The Morgan fingerprint density at radius 2 is 1.55 bits per heavy atom. The fourth-order valence-corrected chi connectivity index (χ4v) is 3.36. The van der Waals surface area contributed by atoms with Crippen LogP contribution in [0.25, 0.3) is 0 Å². The van der Waals surface area contributed by atoms with Gasteiger partial charge in [-0.25, -0.2) is 9.36 Å². The van der Waals surface area contributed by atoms with E-state index < -0.39 is 20.1 Å². The second kappa shape index (κ2) is 16.1. The number of phosphoric acid groups is 1. The van der Waals surface area contributed by atoms with Gasteiger partial charge in [-0.15, -0.1) is 0 Å². The van der Waals surface area contributed by atoms with Gasteiger partial charge in [0.05, 0.1) is 34.4 Å². The van der Waals surface area contributed by atoms with Gasteiger partial charge in [0.1, 0.15) is 19.3 Å². The lowest BCUT2D eigenvalue weighted by molar-refractivity contribution is -0.870. The number of nitrogens with zero attached hydrogens (tertiary/aromatic N) is 1. The zero-order valence-electron chi connectivity index (χ0n) is 19.1. The largest absolute Gasteiger partial charge is 0.508 e. The summed E-state index contributed by atoms with van der Waals surface area (Å²) in [6, 6.07) is 0. The Kier molecular flexibility index (Phi) is 15.7. The van der Waals surface area contributed by atoms with Crippen molar-refractivity contribution in [3.63, 3.8) is 0 Å². The predicted octanol–water partition coefficient (Wildman–Crippen LogP) is 4.90. The maximum atomic E-state index is 12.0. The van der Waals surface area contributed by atoms with E-state index in [1.54, 1.807) is 6.92 Å². The van der Waals surface area contributed by atoms with Crippen molar-refractivity contribution < 1.29 is 37.3 Å². The minimum atomic E-state index is -4.19. The first-order chi connectivity index (χ1) is 13.6. The highest BCUT2D eigenvalue weighted by Gasteiger charge is 2.26. The predicted molar refractivity (Wildman–Crippen MR) is 114 cm³/mol. The minimum absolute atomic E-state index is 0.0959. The lowest BCUT2D eigenvalue weighted by Gasteiger charge is -2.24. The SMILES string of the molecule is CCCCCCCCCCC(COP(=O)(O)OCC[N+](C)(C)C)OC(=O)OCC. The summed E-state index contributed by atoms with van der Waals surface area (Å²) in [5.41, 5.74) is 0. The third-order valence-corrected chi connectivity index (χ3v) is 5.33. The number of likely N-dealkylation sites (N-methyl/N-ethyl adjacent to an activating group) is 1. The van der Waals surface area contributed by atoms with E-state index in [0.29, 0.717) is 17.4 Å². The van der Waals surface area contributed by atoms with Crippen LogP contribution in [-0.4, -0.2) is 69.1 Å². The standard InChI is InChI=1S/C20H42NO7P/c1-6-8-9-10-11-12-13-14-15-19(28-20(22)25-7-2)18-27-29(23,24)26-17-16-21(3,4)5/h19H,6-18H2,1-5H3/p+1. The van der Waals surface area contributed by atoms with E-state index in [-0.39, 0.29) is 19.8 Å². The molecule has 0 aliphatic carbocycles. The normalized spacial score (nSPS) is 15.0. The summed E-state index contributed by atoms with van der Waals surface area (Å²) < 4.78 is 32.7. The van der Waals surface area contributed by atoms with Crippen molar-refractivity contribution in [2.45, 2.75) is 77.7 Å². The molecule has 0 aromatic carbocycles. The number of phosphoric ester groups is 1. The summed E-state index contributed by atoms with van der Waals surface area (Å²) in [5, 5.41) is 0. The highest BCUT2D eigenvalue weighted by atomic mass is 31.2. The molecule has 1 N–H and O–H groups in total. The molecule has 0 aliphatic rings. The Morgan fingerprint density at radius 3 is 2.10 bits per heavy atom. The van der Waals surface area contributed by atoms with E-state index >= 15 is 0 Å². The van der Waals surface area contributed by atoms with Gasteiger partial charge in [0.25, 0.3) is 0 Å². The summed E-state index contributed by atoms with van der Waals surface area (Å²) >= 11 is 0. The second-order valence-electron chi connectivity index (χ2n) is 8.30. The summed E-state index contributed by atoms with van der Waals surface area (Å²) in [6.45, 7) is 4.55. The van der Waals surface area contributed by atoms with Gasteiger partial charge in [0, 0.05) is 0 Å². The lowest BCUT2D eigenvalue weighted by atomic mass is 10.1. The van der Waals surface area contributed by atoms with Crippen LogP contribution in [-0.2, 0) is 23.1 Å². The molecule has 0 amide bonds. The van der Waals surface area contributed by atoms with E-state index in [9.17, 15) is 14.3 Å². The number of carbonyl (C=O) groups is 1.